The van der Waals surface area contributed by atoms with Crippen molar-refractivity contribution >= 4 is 19.9 Å². The lowest BCUT2D eigenvalue weighted by molar-refractivity contribution is -0.138. The molecule has 1 unspecified atom stereocenters. The maximum absolute atomic E-state index is 15.1. The largest absolute Gasteiger partial charge is 0.508 e. The summed E-state index contributed by atoms with van der Waals surface area (Å²) in [5, 5.41) is 16.2. The lowest BCUT2D eigenvalue weighted by Gasteiger charge is -2.53. The predicted molar refractivity (Wildman–Crippen MR) is 191 cm³/mol. The first kappa shape index (κ1) is 36.6. The van der Waals surface area contributed by atoms with Crippen LogP contribution < -0.4 is 15.2 Å². The summed E-state index contributed by atoms with van der Waals surface area (Å²) in [4.78, 5) is 29.9. The molecular formula is C40H41F3N2O7Si. The van der Waals surface area contributed by atoms with Gasteiger partial charge in [-0.25, -0.2) is 0 Å². The van der Waals surface area contributed by atoms with E-state index in [1.165, 1.54) is 0 Å². The number of hydrogen-bond donors (Lipinski definition) is 2. The number of aliphatic hydroxyl groups excluding tert-OH is 1. The second-order valence-corrected chi connectivity index (χ2v) is 20.3. The first-order valence-corrected chi connectivity index (χ1v) is 20.4. The number of Topliss-reactive ketones (excluding diaryl/α,β-unsaturated/α-hetero) is 2. The molecule has 0 bridgehead atoms. The maximum Gasteiger partial charge on any atom is 0.416 e. The zero-order chi connectivity index (χ0) is 38.1. The number of nitrogens with two attached hydrogens (primary N) is 1. The van der Waals surface area contributed by atoms with Crippen molar-refractivity contribution in [1.29, 1.82) is 0 Å². The van der Waals surface area contributed by atoms with Gasteiger partial charge in [-0.1, -0.05) is 81.4 Å². The highest BCUT2D eigenvalue weighted by Crippen LogP contribution is 2.58. The third-order valence-corrected chi connectivity index (χ3v) is 15.7. The fourth-order valence-corrected chi connectivity index (χ4v) is 9.00. The molecule has 4 atom stereocenters. The van der Waals surface area contributed by atoms with Gasteiger partial charge in [-0.2, -0.15) is 13.2 Å². The van der Waals surface area contributed by atoms with Crippen LogP contribution in [0.2, 0.25) is 18.1 Å². The number of benzene rings is 3. The number of ether oxygens (including phenoxy) is 2. The number of aliphatic hydroxyl groups is 1. The van der Waals surface area contributed by atoms with Gasteiger partial charge in [-0.05, 0) is 70.9 Å². The van der Waals surface area contributed by atoms with Crippen LogP contribution in [0.1, 0.15) is 82.0 Å². The van der Waals surface area contributed by atoms with Crippen molar-refractivity contribution < 1.29 is 46.3 Å². The molecule has 4 aromatic rings. The van der Waals surface area contributed by atoms with Crippen LogP contribution >= 0.6 is 0 Å². The van der Waals surface area contributed by atoms with Crippen LogP contribution in [0.3, 0.4) is 0 Å². The number of carbonyl (C=O) groups is 2. The molecular weight excluding hydrogens is 706 g/mol. The van der Waals surface area contributed by atoms with E-state index in [2.05, 4.69) is 5.16 Å². The van der Waals surface area contributed by atoms with E-state index in [4.69, 9.17) is 24.2 Å². The normalized spacial score (nSPS) is 22.8. The van der Waals surface area contributed by atoms with E-state index in [0.717, 1.165) is 23.3 Å². The Morgan fingerprint density at radius 1 is 0.925 bits per heavy atom. The van der Waals surface area contributed by atoms with E-state index in [9.17, 15) is 23.1 Å². The number of ketones is 2. The Hall–Kier alpha value is -4.72. The van der Waals surface area contributed by atoms with Gasteiger partial charge >= 0.3 is 6.18 Å². The lowest BCUT2D eigenvalue weighted by Crippen LogP contribution is -2.64. The van der Waals surface area contributed by atoms with E-state index >= 15 is 4.79 Å². The highest BCUT2D eigenvalue weighted by molar-refractivity contribution is 6.74. The molecule has 0 saturated heterocycles. The zero-order valence-corrected chi connectivity index (χ0v) is 31.0. The molecule has 1 heterocycles. The Labute approximate surface area is 306 Å². The van der Waals surface area contributed by atoms with Gasteiger partial charge in [0.15, 0.2) is 25.5 Å². The minimum Gasteiger partial charge on any atom is -0.508 e. The van der Waals surface area contributed by atoms with E-state index in [-0.39, 0.29) is 65.7 Å². The molecule has 9 nitrogen and oxygen atoms in total. The van der Waals surface area contributed by atoms with Crippen LogP contribution in [0.5, 0.6) is 11.6 Å². The molecule has 0 saturated carbocycles. The van der Waals surface area contributed by atoms with Gasteiger partial charge in [0, 0.05) is 11.5 Å². The van der Waals surface area contributed by atoms with Gasteiger partial charge in [0.1, 0.15) is 30.3 Å². The minimum absolute atomic E-state index is 0.0175. The second kappa shape index (κ2) is 13.0. The SMILES string of the molecule is CC(C)(C)[Si](C)(C)OC12C(=O)c3c(OCc4ccccc4)noc3[C@@H](N)[C@@H]1C[C@@H]1Cc3c(C(F)(F)F)ccc(OCc4ccccc4)c3C(=O)C1=C2O. The highest BCUT2D eigenvalue weighted by atomic mass is 28.4. The van der Waals surface area contributed by atoms with Crippen LogP contribution in [0.25, 0.3) is 0 Å². The molecule has 7 rings (SSSR count). The Balaban J connectivity index is 1.39. The molecule has 3 aromatic carbocycles. The minimum atomic E-state index is -4.78. The number of rotatable bonds is 8. The van der Waals surface area contributed by atoms with Crippen molar-refractivity contribution in [3.63, 3.8) is 0 Å². The highest BCUT2D eigenvalue weighted by Gasteiger charge is 2.66. The summed E-state index contributed by atoms with van der Waals surface area (Å²) < 4.78 is 68.3. The first-order valence-electron chi connectivity index (χ1n) is 17.5. The summed E-state index contributed by atoms with van der Waals surface area (Å²) >= 11 is 0. The average molecular weight is 747 g/mol. The molecule has 3 N–H and O–H groups in total. The number of halogens is 3. The lowest BCUT2D eigenvalue weighted by atomic mass is 9.59. The monoisotopic (exact) mass is 746 g/mol. The summed E-state index contributed by atoms with van der Waals surface area (Å²) in [6.45, 7) is 9.72. The van der Waals surface area contributed by atoms with Crippen molar-refractivity contribution in [3.05, 3.63) is 123 Å². The van der Waals surface area contributed by atoms with Crippen LogP contribution in [0.15, 0.2) is 88.7 Å². The van der Waals surface area contributed by atoms with Crippen LogP contribution in [0, 0.1) is 11.8 Å². The molecule has 13 heteroatoms. The van der Waals surface area contributed by atoms with E-state index in [1.54, 1.807) is 24.3 Å². The molecule has 3 aliphatic rings. The van der Waals surface area contributed by atoms with Crippen LogP contribution in [0.4, 0.5) is 13.2 Å². The van der Waals surface area contributed by atoms with Crippen molar-refractivity contribution in [2.75, 3.05) is 0 Å². The summed E-state index contributed by atoms with van der Waals surface area (Å²) in [5.41, 5.74) is 4.44. The van der Waals surface area contributed by atoms with Gasteiger partial charge < -0.3 is 29.3 Å². The smallest absolute Gasteiger partial charge is 0.416 e. The number of allylic oxidation sites excluding steroid dienone is 1. The number of hydrogen-bond acceptors (Lipinski definition) is 9. The third-order valence-electron chi connectivity index (χ3n) is 11.2. The standard InChI is InChI=1S/C40H41F3N2O7Si/c1-38(2,3)53(4,5)52-39-27(32(44)34-31(36(39)48)37(45-51-34)50-21-23-14-10-7-11-15-23)19-24-18-25-26(40(41,42)43)16-17-28(30(25)33(46)29(24)35(39)47)49-20-22-12-8-6-9-13-22/h6-17,24,27,32,47H,18-21,44H2,1-5H3/t24-,27-,32-,39?/m0/s1. The van der Waals surface area contributed by atoms with E-state index < -0.39 is 65.9 Å². The Morgan fingerprint density at radius 2 is 1.53 bits per heavy atom. The summed E-state index contributed by atoms with van der Waals surface area (Å²) in [6, 6.07) is 19.1. The molecule has 0 spiro atoms. The Morgan fingerprint density at radius 3 is 2.11 bits per heavy atom. The first-order chi connectivity index (χ1) is 25.0. The van der Waals surface area contributed by atoms with Gasteiger partial charge in [0.2, 0.25) is 5.78 Å². The molecule has 1 aromatic heterocycles. The Bertz CT molecular complexity index is 2110. The zero-order valence-electron chi connectivity index (χ0n) is 30.0. The van der Waals surface area contributed by atoms with Crippen molar-refractivity contribution in [1.82, 2.24) is 5.16 Å². The van der Waals surface area contributed by atoms with E-state index in [0.29, 0.717) is 0 Å². The van der Waals surface area contributed by atoms with Crippen molar-refractivity contribution in [2.24, 2.45) is 17.6 Å². The molecule has 3 aliphatic carbocycles. The molecule has 0 radical (unpaired) electrons. The Kier molecular flexibility index (Phi) is 8.98. The van der Waals surface area contributed by atoms with E-state index in [1.807, 2.05) is 70.3 Å². The average Bonchev–Trinajstić information content (AvgIpc) is 3.53. The predicted octanol–water partition coefficient (Wildman–Crippen LogP) is 8.70. The van der Waals surface area contributed by atoms with Crippen molar-refractivity contribution in [2.45, 2.75) is 82.8 Å². The number of fused-ring (bicyclic) bond motifs is 4. The topological polar surface area (TPSA) is 134 Å². The quantitative estimate of drug-likeness (QED) is 0.170. The summed E-state index contributed by atoms with van der Waals surface area (Å²) in [6.07, 6.45) is -5.10. The van der Waals surface area contributed by atoms with Gasteiger partial charge in [-0.3, -0.25) is 9.59 Å². The maximum atomic E-state index is 15.1. The number of alkyl halides is 3. The molecule has 53 heavy (non-hydrogen) atoms. The van der Waals surface area contributed by atoms with Crippen molar-refractivity contribution in [3.8, 4) is 11.6 Å². The summed E-state index contributed by atoms with van der Waals surface area (Å²) in [7, 11) is -3.00. The fraction of sp³-hybridized carbons (Fsp3) is 0.375. The second-order valence-electron chi connectivity index (χ2n) is 15.5. The number of carbonyl (C=O) groups excluding carboxylic acids is 2. The van der Waals surface area contributed by atoms with Gasteiger partial charge in [0.25, 0.3) is 5.88 Å². The van der Waals surface area contributed by atoms with Crippen LogP contribution in [-0.4, -0.2) is 35.7 Å². The molecule has 0 amide bonds. The third kappa shape index (κ3) is 6.08. The number of nitrogens with zero attached hydrogens (tertiary/aromatic N) is 1. The molecule has 0 fully saturated rings. The number of aromatic nitrogens is 1. The van der Waals surface area contributed by atoms with Crippen LogP contribution in [-0.2, 0) is 30.2 Å². The fourth-order valence-electron chi connectivity index (χ4n) is 7.55. The van der Waals surface area contributed by atoms with Gasteiger partial charge in [0.05, 0.1) is 17.2 Å². The molecule has 0 aliphatic heterocycles. The summed E-state index contributed by atoms with van der Waals surface area (Å²) in [5.74, 6) is -4.41. The van der Waals surface area contributed by atoms with Gasteiger partial charge in [-0.15, -0.1) is 0 Å². The molecule has 278 valence electrons.